The van der Waals surface area contributed by atoms with E-state index in [4.69, 9.17) is 16.3 Å². The highest BCUT2D eigenvalue weighted by Crippen LogP contribution is 2.35. The van der Waals surface area contributed by atoms with Gasteiger partial charge in [0.2, 0.25) is 0 Å². The first-order chi connectivity index (χ1) is 9.11. The quantitative estimate of drug-likeness (QED) is 0.586. The molecule has 19 heavy (non-hydrogen) atoms. The maximum atomic E-state index is 6.27. The summed E-state index contributed by atoms with van der Waals surface area (Å²) in [5, 5.41) is 0.756. The summed E-state index contributed by atoms with van der Waals surface area (Å²) in [6, 6.07) is 14.0. The lowest BCUT2D eigenvalue weighted by atomic mass is 10.0. The van der Waals surface area contributed by atoms with Gasteiger partial charge in [0.15, 0.2) is 0 Å². The van der Waals surface area contributed by atoms with E-state index in [0.717, 1.165) is 32.8 Å². The summed E-state index contributed by atoms with van der Waals surface area (Å²) in [6.45, 7) is 0. The Kier molecular flexibility index (Phi) is 5.31. The minimum absolute atomic E-state index is 0.157. The van der Waals surface area contributed by atoms with Gasteiger partial charge in [-0.15, -0.1) is 0 Å². The van der Waals surface area contributed by atoms with Crippen LogP contribution in [0.2, 0.25) is 5.02 Å². The van der Waals surface area contributed by atoms with Crippen molar-refractivity contribution in [2.75, 3.05) is 7.11 Å². The van der Waals surface area contributed by atoms with Crippen LogP contribution in [0, 0.1) is 0 Å². The zero-order chi connectivity index (χ0) is 13.8. The lowest BCUT2D eigenvalue weighted by Crippen LogP contribution is -1.99. The molecule has 0 saturated heterocycles. The smallest absolute Gasteiger partial charge is 0.122 e. The van der Waals surface area contributed by atoms with Crippen molar-refractivity contribution in [2.45, 2.75) is 11.2 Å². The molecule has 0 saturated carbocycles. The molecule has 1 nitrogen and oxygen atoms in total. The highest BCUT2D eigenvalue weighted by molar-refractivity contribution is 9.10. The Balaban J connectivity index is 2.23. The molecule has 100 valence electrons. The second kappa shape index (κ2) is 6.78. The molecule has 0 radical (unpaired) electrons. The third-order valence-electron chi connectivity index (χ3n) is 2.89. The molecule has 0 amide bonds. The van der Waals surface area contributed by atoms with E-state index in [-0.39, 0.29) is 4.83 Å². The Morgan fingerprint density at radius 2 is 1.95 bits per heavy atom. The summed E-state index contributed by atoms with van der Waals surface area (Å²) in [6.07, 6.45) is 0.825. The number of alkyl halides is 1. The molecule has 1 atom stereocenters. The fraction of sp³-hybridized carbons (Fsp3) is 0.200. The van der Waals surface area contributed by atoms with Gasteiger partial charge in [-0.2, -0.15) is 0 Å². The number of halogens is 3. The molecule has 0 N–H and O–H groups in total. The summed E-state index contributed by atoms with van der Waals surface area (Å²) in [5.41, 5.74) is 2.24. The third-order valence-corrected chi connectivity index (χ3v) is 4.53. The molecule has 0 aliphatic carbocycles. The molecule has 0 bridgehead atoms. The van der Waals surface area contributed by atoms with E-state index in [1.54, 1.807) is 7.11 Å². The predicted molar refractivity (Wildman–Crippen MR) is 87.5 cm³/mol. The van der Waals surface area contributed by atoms with Crippen LogP contribution in [-0.2, 0) is 6.42 Å². The molecule has 2 rings (SSSR count). The first-order valence-electron chi connectivity index (χ1n) is 5.82. The van der Waals surface area contributed by atoms with E-state index in [0.29, 0.717) is 0 Å². The van der Waals surface area contributed by atoms with Crippen molar-refractivity contribution in [2.24, 2.45) is 0 Å². The van der Waals surface area contributed by atoms with E-state index < -0.39 is 0 Å². The fourth-order valence-corrected chi connectivity index (χ4v) is 3.62. The van der Waals surface area contributed by atoms with Crippen LogP contribution in [0.3, 0.4) is 0 Å². The first-order valence-corrected chi connectivity index (χ1v) is 7.91. The van der Waals surface area contributed by atoms with Gasteiger partial charge in [-0.3, -0.25) is 0 Å². The minimum Gasteiger partial charge on any atom is -0.496 e. The maximum absolute atomic E-state index is 6.27. The van der Waals surface area contributed by atoms with Crippen LogP contribution in [0.25, 0.3) is 0 Å². The maximum Gasteiger partial charge on any atom is 0.122 e. The summed E-state index contributed by atoms with van der Waals surface area (Å²) < 4.78 is 6.35. The summed E-state index contributed by atoms with van der Waals surface area (Å²) in [5.74, 6) is 0.903. The average Bonchev–Trinajstić information content (AvgIpc) is 2.39. The van der Waals surface area contributed by atoms with Gasteiger partial charge in [0.05, 0.1) is 7.11 Å². The minimum atomic E-state index is 0.157. The number of methoxy groups -OCH3 is 1. The molecular formula is C15H13Br2ClO. The Hall–Kier alpha value is -0.510. The lowest BCUT2D eigenvalue weighted by molar-refractivity contribution is 0.409. The zero-order valence-electron chi connectivity index (χ0n) is 10.4. The molecule has 4 heteroatoms. The number of hydrogen-bond acceptors (Lipinski definition) is 1. The number of rotatable bonds is 4. The largest absolute Gasteiger partial charge is 0.496 e. The van der Waals surface area contributed by atoms with Gasteiger partial charge in [-0.25, -0.2) is 0 Å². The topological polar surface area (TPSA) is 9.23 Å². The first kappa shape index (κ1) is 14.9. The molecule has 0 aliphatic rings. The molecule has 0 spiro atoms. The van der Waals surface area contributed by atoms with Crippen molar-refractivity contribution >= 4 is 43.5 Å². The van der Waals surface area contributed by atoms with Gasteiger partial charge in [-0.1, -0.05) is 67.7 Å². The van der Waals surface area contributed by atoms with Crippen molar-refractivity contribution in [1.82, 2.24) is 0 Å². The monoisotopic (exact) mass is 402 g/mol. The van der Waals surface area contributed by atoms with E-state index >= 15 is 0 Å². The number of para-hydroxylation sites is 1. The Morgan fingerprint density at radius 1 is 1.21 bits per heavy atom. The summed E-state index contributed by atoms with van der Waals surface area (Å²) in [7, 11) is 1.69. The average molecular weight is 405 g/mol. The molecule has 0 heterocycles. The molecule has 0 fully saturated rings. The summed E-state index contributed by atoms with van der Waals surface area (Å²) >= 11 is 13.4. The van der Waals surface area contributed by atoms with Crippen LogP contribution in [-0.4, -0.2) is 7.11 Å². The second-order valence-electron chi connectivity index (χ2n) is 4.15. The van der Waals surface area contributed by atoms with E-state index in [1.165, 1.54) is 0 Å². The molecule has 2 aromatic rings. The molecule has 0 aromatic heterocycles. The normalized spacial score (nSPS) is 12.2. The Labute approximate surface area is 135 Å². The number of hydrogen-bond donors (Lipinski definition) is 0. The van der Waals surface area contributed by atoms with E-state index in [1.807, 2.05) is 36.4 Å². The highest BCUT2D eigenvalue weighted by Gasteiger charge is 2.14. The van der Waals surface area contributed by atoms with Crippen LogP contribution >= 0.6 is 43.5 Å². The summed E-state index contributed by atoms with van der Waals surface area (Å²) in [4.78, 5) is 0.157. The molecule has 0 aliphatic heterocycles. The van der Waals surface area contributed by atoms with Crippen LogP contribution in [0.5, 0.6) is 5.75 Å². The van der Waals surface area contributed by atoms with Crippen LogP contribution < -0.4 is 4.74 Å². The molecule has 2 aromatic carbocycles. The number of benzene rings is 2. The predicted octanol–water partition coefficient (Wildman–Crippen LogP) is 5.79. The Morgan fingerprint density at radius 3 is 2.63 bits per heavy atom. The van der Waals surface area contributed by atoms with Crippen molar-refractivity contribution in [1.29, 1.82) is 0 Å². The fourth-order valence-electron chi connectivity index (χ4n) is 1.93. The van der Waals surface area contributed by atoms with Crippen molar-refractivity contribution in [3.8, 4) is 5.75 Å². The number of ether oxygens (including phenoxy) is 1. The lowest BCUT2D eigenvalue weighted by Gasteiger charge is -2.14. The SMILES string of the molecule is COc1ccccc1CC(Br)c1ccc(Br)cc1Cl. The Bertz CT molecular complexity index is 572. The van der Waals surface area contributed by atoms with Crippen molar-refractivity contribution in [3.63, 3.8) is 0 Å². The molecule has 1 unspecified atom stereocenters. The molecular weight excluding hydrogens is 391 g/mol. The van der Waals surface area contributed by atoms with Crippen molar-refractivity contribution < 1.29 is 4.74 Å². The second-order valence-corrected chi connectivity index (χ2v) is 6.58. The zero-order valence-corrected chi connectivity index (χ0v) is 14.3. The van der Waals surface area contributed by atoms with Crippen LogP contribution in [0.15, 0.2) is 46.9 Å². The van der Waals surface area contributed by atoms with Crippen LogP contribution in [0.4, 0.5) is 0 Å². The highest BCUT2D eigenvalue weighted by atomic mass is 79.9. The van der Waals surface area contributed by atoms with Gasteiger partial charge in [0.25, 0.3) is 0 Å². The van der Waals surface area contributed by atoms with E-state index in [2.05, 4.69) is 37.9 Å². The standard InChI is InChI=1S/C15H13Br2ClO/c1-19-15-5-3-2-4-10(15)8-13(17)12-7-6-11(16)9-14(12)18/h2-7,9,13H,8H2,1H3. The van der Waals surface area contributed by atoms with Crippen molar-refractivity contribution in [3.05, 3.63) is 63.1 Å². The van der Waals surface area contributed by atoms with Gasteiger partial charge in [-0.05, 0) is 35.7 Å². The van der Waals surface area contributed by atoms with Gasteiger partial charge < -0.3 is 4.74 Å². The van der Waals surface area contributed by atoms with Gasteiger partial charge in [0.1, 0.15) is 5.75 Å². The van der Waals surface area contributed by atoms with E-state index in [9.17, 15) is 0 Å². The van der Waals surface area contributed by atoms with Gasteiger partial charge in [0, 0.05) is 14.3 Å². The van der Waals surface area contributed by atoms with Gasteiger partial charge >= 0.3 is 0 Å². The third kappa shape index (κ3) is 3.74. The van der Waals surface area contributed by atoms with Crippen LogP contribution in [0.1, 0.15) is 16.0 Å².